The van der Waals surface area contributed by atoms with Gasteiger partial charge in [-0.2, -0.15) is 0 Å². The molecule has 1 aliphatic rings. The highest BCUT2D eigenvalue weighted by molar-refractivity contribution is 7.92. The average molecular weight is 431 g/mol. The van der Waals surface area contributed by atoms with E-state index in [1.165, 1.54) is 22.7 Å². The molecule has 3 aromatic rings. The van der Waals surface area contributed by atoms with Crippen molar-refractivity contribution in [2.75, 3.05) is 29.7 Å². The van der Waals surface area contributed by atoms with E-state index in [0.29, 0.717) is 33.6 Å². The van der Waals surface area contributed by atoms with Gasteiger partial charge in [0.25, 0.3) is 5.91 Å². The molecule has 2 heterocycles. The number of fused-ring (bicyclic) bond motifs is 1. The van der Waals surface area contributed by atoms with E-state index in [9.17, 15) is 13.2 Å². The quantitative estimate of drug-likeness (QED) is 0.666. The highest BCUT2D eigenvalue weighted by Gasteiger charge is 2.17. The van der Waals surface area contributed by atoms with E-state index in [4.69, 9.17) is 9.47 Å². The molecule has 0 bridgehead atoms. The Balaban J connectivity index is 1.48. The molecule has 0 saturated carbocycles. The number of hydrogen-bond acceptors (Lipinski definition) is 7. The predicted molar refractivity (Wildman–Crippen MR) is 111 cm³/mol. The monoisotopic (exact) mass is 431 g/mol. The maximum Gasteiger partial charge on any atom is 0.257 e. The average Bonchev–Trinajstić information content (AvgIpc) is 3.35. The van der Waals surface area contributed by atoms with E-state index < -0.39 is 10.0 Å². The standard InChI is InChI=1S/C19H17N3O5S2/c1-22(29(2,24)25)14-6-3-12(4-7-14)15-10-28-19(20-15)21-18(23)13-5-8-16-17(9-13)27-11-26-16/h3-10H,11H2,1-2H3,(H,20,21,23). The fourth-order valence-electron chi connectivity index (χ4n) is 2.70. The minimum absolute atomic E-state index is 0.148. The van der Waals surface area contributed by atoms with Crippen LogP contribution in [-0.4, -0.2) is 39.4 Å². The molecule has 2 aromatic carbocycles. The first-order chi connectivity index (χ1) is 13.8. The number of hydrogen-bond donors (Lipinski definition) is 1. The number of nitrogens with one attached hydrogen (secondary N) is 1. The van der Waals surface area contributed by atoms with E-state index in [0.717, 1.165) is 11.8 Å². The van der Waals surface area contributed by atoms with Crippen LogP contribution < -0.4 is 19.1 Å². The zero-order chi connectivity index (χ0) is 20.6. The van der Waals surface area contributed by atoms with Crippen molar-refractivity contribution in [2.45, 2.75) is 0 Å². The molecule has 0 spiro atoms. The van der Waals surface area contributed by atoms with Crippen LogP contribution in [0.25, 0.3) is 11.3 Å². The minimum Gasteiger partial charge on any atom is -0.454 e. The molecular weight excluding hydrogens is 414 g/mol. The molecule has 29 heavy (non-hydrogen) atoms. The lowest BCUT2D eigenvalue weighted by Gasteiger charge is -2.16. The topological polar surface area (TPSA) is 97.8 Å². The molecule has 0 fully saturated rings. The third kappa shape index (κ3) is 4.03. The number of carbonyl (C=O) groups excluding carboxylic acids is 1. The Hall–Kier alpha value is -3.11. The van der Waals surface area contributed by atoms with Gasteiger partial charge >= 0.3 is 0 Å². The number of thiazole rings is 1. The fraction of sp³-hybridized carbons (Fsp3) is 0.158. The third-order valence-electron chi connectivity index (χ3n) is 4.38. The van der Waals surface area contributed by atoms with Crippen LogP contribution in [0.15, 0.2) is 47.8 Å². The predicted octanol–water partition coefficient (Wildman–Crippen LogP) is 3.19. The molecule has 0 saturated heterocycles. The lowest BCUT2D eigenvalue weighted by atomic mass is 10.1. The summed E-state index contributed by atoms with van der Waals surface area (Å²) in [6.07, 6.45) is 1.15. The zero-order valence-electron chi connectivity index (χ0n) is 15.6. The number of ether oxygens (including phenoxy) is 2. The van der Waals surface area contributed by atoms with Crippen LogP contribution in [0.2, 0.25) is 0 Å². The first-order valence-electron chi connectivity index (χ1n) is 8.52. The minimum atomic E-state index is -3.32. The molecular formula is C19H17N3O5S2. The van der Waals surface area contributed by atoms with E-state index in [1.54, 1.807) is 42.5 Å². The summed E-state index contributed by atoms with van der Waals surface area (Å²) >= 11 is 1.30. The molecule has 0 unspecified atom stereocenters. The summed E-state index contributed by atoms with van der Waals surface area (Å²) in [4.78, 5) is 16.9. The molecule has 0 aliphatic carbocycles. The number of sulfonamides is 1. The number of rotatable bonds is 5. The van der Waals surface area contributed by atoms with Crippen LogP contribution in [0, 0.1) is 0 Å². The van der Waals surface area contributed by atoms with Gasteiger partial charge in [0.05, 0.1) is 17.6 Å². The van der Waals surface area contributed by atoms with Crippen LogP contribution in [0.5, 0.6) is 11.5 Å². The van der Waals surface area contributed by atoms with Crippen molar-refractivity contribution in [3.63, 3.8) is 0 Å². The molecule has 0 radical (unpaired) electrons. The second-order valence-corrected chi connectivity index (χ2v) is 9.21. The Labute approximate surface area is 171 Å². The van der Waals surface area contributed by atoms with Gasteiger partial charge in [-0.15, -0.1) is 11.3 Å². The lowest BCUT2D eigenvalue weighted by molar-refractivity contribution is 0.102. The number of anilines is 2. The number of aromatic nitrogens is 1. The molecule has 8 nitrogen and oxygen atoms in total. The molecule has 10 heteroatoms. The van der Waals surface area contributed by atoms with Gasteiger partial charge in [-0.1, -0.05) is 12.1 Å². The van der Waals surface area contributed by atoms with E-state index in [1.807, 2.05) is 5.38 Å². The largest absolute Gasteiger partial charge is 0.454 e. The lowest BCUT2D eigenvalue weighted by Crippen LogP contribution is -2.24. The number of amides is 1. The molecule has 1 N–H and O–H groups in total. The smallest absolute Gasteiger partial charge is 0.257 e. The van der Waals surface area contributed by atoms with Crippen molar-refractivity contribution in [3.05, 3.63) is 53.4 Å². The van der Waals surface area contributed by atoms with Crippen molar-refractivity contribution in [3.8, 4) is 22.8 Å². The first kappa shape index (κ1) is 19.2. The molecule has 0 atom stereocenters. The number of nitrogens with zero attached hydrogens (tertiary/aromatic N) is 2. The van der Waals surface area contributed by atoms with Crippen LogP contribution in [0.1, 0.15) is 10.4 Å². The first-order valence-corrected chi connectivity index (χ1v) is 11.2. The number of benzene rings is 2. The van der Waals surface area contributed by atoms with E-state index in [2.05, 4.69) is 10.3 Å². The highest BCUT2D eigenvalue weighted by atomic mass is 32.2. The Bertz CT molecular complexity index is 1170. The molecule has 150 valence electrons. The zero-order valence-corrected chi connectivity index (χ0v) is 17.2. The second-order valence-electron chi connectivity index (χ2n) is 6.34. The van der Waals surface area contributed by atoms with Gasteiger partial charge < -0.3 is 9.47 Å². The van der Waals surface area contributed by atoms with Crippen molar-refractivity contribution in [1.29, 1.82) is 0 Å². The Morgan fingerprint density at radius 2 is 1.86 bits per heavy atom. The molecule has 1 aromatic heterocycles. The van der Waals surface area contributed by atoms with Gasteiger partial charge in [0, 0.05) is 23.6 Å². The van der Waals surface area contributed by atoms with Crippen LogP contribution in [0.4, 0.5) is 10.8 Å². The Morgan fingerprint density at radius 3 is 2.59 bits per heavy atom. The second kappa shape index (κ2) is 7.37. The van der Waals surface area contributed by atoms with E-state index >= 15 is 0 Å². The third-order valence-corrected chi connectivity index (χ3v) is 6.35. The summed E-state index contributed by atoms with van der Waals surface area (Å²) in [5.41, 5.74) is 2.50. The van der Waals surface area contributed by atoms with Crippen LogP contribution >= 0.6 is 11.3 Å². The van der Waals surface area contributed by atoms with Crippen molar-refractivity contribution < 1.29 is 22.7 Å². The summed E-state index contributed by atoms with van der Waals surface area (Å²) < 4.78 is 35.0. The van der Waals surface area contributed by atoms with Gasteiger partial charge in [-0.3, -0.25) is 14.4 Å². The highest BCUT2D eigenvalue weighted by Crippen LogP contribution is 2.33. The molecule has 1 amide bonds. The van der Waals surface area contributed by atoms with Crippen molar-refractivity contribution in [2.24, 2.45) is 0 Å². The van der Waals surface area contributed by atoms with Gasteiger partial charge in [-0.05, 0) is 30.3 Å². The molecule has 4 rings (SSSR count). The summed E-state index contributed by atoms with van der Waals surface area (Å²) in [5.74, 6) is 0.856. The summed E-state index contributed by atoms with van der Waals surface area (Å²) in [7, 11) is -1.82. The fourth-order valence-corrected chi connectivity index (χ4v) is 3.92. The van der Waals surface area contributed by atoms with Gasteiger partial charge in [0.15, 0.2) is 16.6 Å². The van der Waals surface area contributed by atoms with E-state index in [-0.39, 0.29) is 12.7 Å². The maximum atomic E-state index is 12.5. The summed E-state index contributed by atoms with van der Waals surface area (Å²) in [5, 5.41) is 5.06. The molecule has 1 aliphatic heterocycles. The summed E-state index contributed by atoms with van der Waals surface area (Å²) in [6.45, 7) is 0.148. The Kier molecular flexibility index (Phi) is 4.89. The Morgan fingerprint density at radius 1 is 1.14 bits per heavy atom. The van der Waals surface area contributed by atoms with Crippen molar-refractivity contribution in [1.82, 2.24) is 4.98 Å². The SMILES string of the molecule is CN(c1ccc(-c2csc(NC(=O)c3ccc4c(c3)OCO4)n2)cc1)S(C)(=O)=O. The maximum absolute atomic E-state index is 12.5. The summed E-state index contributed by atoms with van der Waals surface area (Å²) in [6, 6.07) is 12.0. The van der Waals surface area contributed by atoms with Gasteiger partial charge in [0.1, 0.15) is 0 Å². The van der Waals surface area contributed by atoms with Crippen LogP contribution in [0.3, 0.4) is 0 Å². The van der Waals surface area contributed by atoms with Gasteiger partial charge in [-0.25, -0.2) is 13.4 Å². The van der Waals surface area contributed by atoms with Gasteiger partial charge in [0.2, 0.25) is 16.8 Å². The normalized spacial score (nSPS) is 12.6. The van der Waals surface area contributed by atoms with Crippen LogP contribution in [-0.2, 0) is 10.0 Å². The number of carbonyl (C=O) groups is 1. The van der Waals surface area contributed by atoms with Crippen molar-refractivity contribution >= 4 is 38.1 Å².